The van der Waals surface area contributed by atoms with E-state index in [9.17, 15) is 4.79 Å². The minimum Gasteiger partial charge on any atom is -0.350 e. The lowest BCUT2D eigenvalue weighted by molar-refractivity contribution is 0.0954. The van der Waals surface area contributed by atoms with Gasteiger partial charge < -0.3 is 14.5 Å². The number of carbonyl (C=O) groups is 1. The summed E-state index contributed by atoms with van der Waals surface area (Å²) in [6.07, 6.45) is 3.78. The maximum atomic E-state index is 12.7. The molecule has 0 aliphatic carbocycles. The van der Waals surface area contributed by atoms with E-state index in [0.717, 1.165) is 27.5 Å². The van der Waals surface area contributed by atoms with Crippen LogP contribution in [0.25, 0.3) is 21.9 Å². The molecular weight excluding hydrogens is 324 g/mol. The first-order chi connectivity index (χ1) is 12.6. The van der Waals surface area contributed by atoms with Crippen LogP contribution in [0.2, 0.25) is 0 Å². The van der Waals surface area contributed by atoms with Gasteiger partial charge in [0.25, 0.3) is 5.91 Å². The molecule has 2 aromatic carbocycles. The Bertz CT molecular complexity index is 1070. The molecule has 0 aliphatic rings. The van der Waals surface area contributed by atoms with Gasteiger partial charge in [0.1, 0.15) is 0 Å². The van der Waals surface area contributed by atoms with Gasteiger partial charge in [0.05, 0.1) is 22.9 Å². The number of rotatable bonds is 5. The minimum atomic E-state index is -0.0370. The zero-order chi connectivity index (χ0) is 18.1. The standard InChI is InChI=1S/C21H22N4O/c1-15(2)25-13-17(16-7-3-5-9-19(16)25)21(26)22-11-12-24-14-23-18-8-4-6-10-20(18)24/h3-10,13-15H,11-12H2,1-2H3,(H,22,26). The number of fused-ring (bicyclic) bond motifs is 2. The summed E-state index contributed by atoms with van der Waals surface area (Å²) in [4.78, 5) is 17.1. The fourth-order valence-electron chi connectivity index (χ4n) is 3.39. The van der Waals surface area contributed by atoms with Crippen molar-refractivity contribution in [2.75, 3.05) is 6.54 Å². The van der Waals surface area contributed by atoms with E-state index in [0.29, 0.717) is 19.1 Å². The molecule has 5 nitrogen and oxygen atoms in total. The van der Waals surface area contributed by atoms with E-state index in [1.54, 1.807) is 0 Å². The number of nitrogens with zero attached hydrogens (tertiary/aromatic N) is 3. The molecule has 0 bridgehead atoms. The topological polar surface area (TPSA) is 51.9 Å². The first-order valence-electron chi connectivity index (χ1n) is 8.93. The van der Waals surface area contributed by atoms with Gasteiger partial charge in [0, 0.05) is 36.2 Å². The summed E-state index contributed by atoms with van der Waals surface area (Å²) < 4.78 is 4.21. The van der Waals surface area contributed by atoms with Crippen LogP contribution >= 0.6 is 0 Å². The molecule has 1 amide bonds. The van der Waals surface area contributed by atoms with Crippen LogP contribution in [0.3, 0.4) is 0 Å². The summed E-state index contributed by atoms with van der Waals surface area (Å²) in [5.74, 6) is -0.0370. The Balaban J connectivity index is 1.51. The summed E-state index contributed by atoms with van der Waals surface area (Å²) in [6.45, 7) is 5.49. The molecular formula is C21H22N4O. The van der Waals surface area contributed by atoms with Gasteiger partial charge >= 0.3 is 0 Å². The first kappa shape index (κ1) is 16.4. The van der Waals surface area contributed by atoms with E-state index in [-0.39, 0.29) is 5.91 Å². The molecule has 132 valence electrons. The third-order valence-electron chi connectivity index (χ3n) is 4.71. The van der Waals surface area contributed by atoms with Gasteiger partial charge in [-0.25, -0.2) is 4.98 Å². The third-order valence-corrected chi connectivity index (χ3v) is 4.71. The first-order valence-corrected chi connectivity index (χ1v) is 8.93. The predicted octanol–water partition coefficient (Wildman–Crippen LogP) is 4.00. The van der Waals surface area contributed by atoms with Crippen molar-refractivity contribution in [1.29, 1.82) is 0 Å². The van der Waals surface area contributed by atoms with Crippen molar-refractivity contribution in [3.8, 4) is 0 Å². The quantitative estimate of drug-likeness (QED) is 0.594. The van der Waals surface area contributed by atoms with E-state index >= 15 is 0 Å². The number of carbonyl (C=O) groups excluding carboxylic acids is 1. The summed E-state index contributed by atoms with van der Waals surface area (Å²) in [6, 6.07) is 16.4. The predicted molar refractivity (Wildman–Crippen MR) is 104 cm³/mol. The van der Waals surface area contributed by atoms with Crippen molar-refractivity contribution in [2.45, 2.75) is 26.4 Å². The highest BCUT2D eigenvalue weighted by atomic mass is 16.1. The summed E-state index contributed by atoms with van der Waals surface area (Å²) in [7, 11) is 0. The Labute approximate surface area is 152 Å². The van der Waals surface area contributed by atoms with Crippen LogP contribution in [0, 0.1) is 0 Å². The van der Waals surface area contributed by atoms with Crippen molar-refractivity contribution in [3.63, 3.8) is 0 Å². The summed E-state index contributed by atoms with van der Waals surface area (Å²) >= 11 is 0. The van der Waals surface area contributed by atoms with Crippen LogP contribution in [0.5, 0.6) is 0 Å². The van der Waals surface area contributed by atoms with Crippen LogP contribution in [0.1, 0.15) is 30.2 Å². The zero-order valence-corrected chi connectivity index (χ0v) is 15.0. The largest absolute Gasteiger partial charge is 0.350 e. The second-order valence-corrected chi connectivity index (χ2v) is 6.74. The number of hydrogen-bond donors (Lipinski definition) is 1. The molecule has 5 heteroatoms. The molecule has 0 unspecified atom stereocenters. The molecule has 0 saturated carbocycles. The normalized spacial score (nSPS) is 11.5. The van der Waals surface area contributed by atoms with Crippen molar-refractivity contribution in [2.24, 2.45) is 0 Å². The second-order valence-electron chi connectivity index (χ2n) is 6.74. The number of aromatic nitrogens is 3. The minimum absolute atomic E-state index is 0.0370. The fraction of sp³-hybridized carbons (Fsp3) is 0.238. The van der Waals surface area contributed by atoms with Crippen LogP contribution in [0.15, 0.2) is 61.1 Å². The zero-order valence-electron chi connectivity index (χ0n) is 15.0. The van der Waals surface area contributed by atoms with Crippen LogP contribution in [-0.4, -0.2) is 26.6 Å². The molecule has 0 atom stereocenters. The molecule has 1 N–H and O–H groups in total. The maximum absolute atomic E-state index is 12.7. The van der Waals surface area contributed by atoms with Gasteiger partial charge in [-0.2, -0.15) is 0 Å². The number of benzene rings is 2. The highest BCUT2D eigenvalue weighted by Crippen LogP contribution is 2.24. The SMILES string of the molecule is CC(C)n1cc(C(=O)NCCn2cnc3ccccc32)c2ccccc21. The van der Waals surface area contributed by atoms with Crippen molar-refractivity contribution < 1.29 is 4.79 Å². The molecule has 4 rings (SSSR count). The Morgan fingerprint density at radius 3 is 2.62 bits per heavy atom. The molecule has 0 aliphatic heterocycles. The lowest BCUT2D eigenvalue weighted by Gasteiger charge is -2.08. The second kappa shape index (κ2) is 6.67. The van der Waals surface area contributed by atoms with Crippen molar-refractivity contribution in [3.05, 3.63) is 66.6 Å². The highest BCUT2D eigenvalue weighted by Gasteiger charge is 2.15. The van der Waals surface area contributed by atoms with Crippen LogP contribution in [0.4, 0.5) is 0 Å². The lowest BCUT2D eigenvalue weighted by Crippen LogP contribution is -2.27. The van der Waals surface area contributed by atoms with E-state index in [2.05, 4.69) is 39.3 Å². The summed E-state index contributed by atoms with van der Waals surface area (Å²) in [5.41, 5.74) is 3.87. The van der Waals surface area contributed by atoms with E-state index in [1.165, 1.54) is 0 Å². The van der Waals surface area contributed by atoms with Gasteiger partial charge in [-0.15, -0.1) is 0 Å². The van der Waals surface area contributed by atoms with Gasteiger partial charge in [-0.1, -0.05) is 30.3 Å². The number of amides is 1. The third kappa shape index (κ3) is 2.86. The smallest absolute Gasteiger partial charge is 0.253 e. The lowest BCUT2D eigenvalue weighted by atomic mass is 10.1. The van der Waals surface area contributed by atoms with Crippen molar-refractivity contribution in [1.82, 2.24) is 19.4 Å². The molecule has 2 heterocycles. The molecule has 0 saturated heterocycles. The molecule has 0 radical (unpaired) electrons. The maximum Gasteiger partial charge on any atom is 0.253 e. The number of nitrogens with one attached hydrogen (secondary N) is 1. The molecule has 0 spiro atoms. The van der Waals surface area contributed by atoms with Gasteiger partial charge in [0.2, 0.25) is 0 Å². The average Bonchev–Trinajstić information content (AvgIpc) is 3.24. The molecule has 26 heavy (non-hydrogen) atoms. The number of imidazole rings is 1. The fourth-order valence-corrected chi connectivity index (χ4v) is 3.39. The number of hydrogen-bond acceptors (Lipinski definition) is 2. The monoisotopic (exact) mass is 346 g/mol. The van der Waals surface area contributed by atoms with E-state index < -0.39 is 0 Å². The average molecular weight is 346 g/mol. The Morgan fingerprint density at radius 1 is 1.08 bits per heavy atom. The van der Waals surface area contributed by atoms with Crippen LogP contribution < -0.4 is 5.32 Å². The number of para-hydroxylation sites is 3. The Hall–Kier alpha value is -3.08. The van der Waals surface area contributed by atoms with Gasteiger partial charge in [-0.05, 0) is 32.0 Å². The Kier molecular flexibility index (Phi) is 4.21. The molecule has 0 fully saturated rings. The Morgan fingerprint density at radius 2 is 1.81 bits per heavy atom. The molecule has 4 aromatic rings. The van der Waals surface area contributed by atoms with Crippen molar-refractivity contribution >= 4 is 27.8 Å². The van der Waals surface area contributed by atoms with E-state index in [4.69, 9.17) is 0 Å². The van der Waals surface area contributed by atoms with Gasteiger partial charge in [0.15, 0.2) is 0 Å². The van der Waals surface area contributed by atoms with Gasteiger partial charge in [-0.3, -0.25) is 4.79 Å². The van der Waals surface area contributed by atoms with E-state index in [1.807, 2.05) is 55.0 Å². The highest BCUT2D eigenvalue weighted by molar-refractivity contribution is 6.07. The summed E-state index contributed by atoms with van der Waals surface area (Å²) in [5, 5.41) is 4.04. The molecule has 2 aromatic heterocycles. The van der Waals surface area contributed by atoms with Crippen LogP contribution in [-0.2, 0) is 6.54 Å².